The summed E-state index contributed by atoms with van der Waals surface area (Å²) in [5, 5.41) is 3.05. The van der Waals surface area contributed by atoms with E-state index >= 15 is 0 Å². The van der Waals surface area contributed by atoms with E-state index in [1.165, 1.54) is 0 Å². The number of rotatable bonds is 7. The van der Waals surface area contributed by atoms with Gasteiger partial charge in [0.15, 0.2) is 11.5 Å². The number of nitrogens with one attached hydrogen (secondary N) is 1. The minimum atomic E-state index is 0.489. The summed E-state index contributed by atoms with van der Waals surface area (Å²) in [7, 11) is 0. The van der Waals surface area contributed by atoms with Crippen LogP contribution < -0.4 is 14.8 Å². The Balaban J connectivity index is 2.14. The van der Waals surface area contributed by atoms with Crippen molar-refractivity contribution < 1.29 is 9.47 Å². The second-order valence-electron chi connectivity index (χ2n) is 4.15. The highest BCUT2D eigenvalue weighted by molar-refractivity contribution is 5.42. The summed E-state index contributed by atoms with van der Waals surface area (Å²) < 4.78 is 11.4. The fraction of sp³-hybridized carbons (Fsp3) is 0.333. The molecule has 0 aliphatic heterocycles. The SMILES string of the molecule is CCCOc1ccccc1Oc1ccnc(NCC)n1. The van der Waals surface area contributed by atoms with E-state index in [0.717, 1.165) is 18.7 Å². The van der Waals surface area contributed by atoms with Crippen molar-refractivity contribution in [3.05, 3.63) is 36.5 Å². The summed E-state index contributed by atoms with van der Waals surface area (Å²) in [6.45, 7) is 5.48. The monoisotopic (exact) mass is 273 g/mol. The van der Waals surface area contributed by atoms with Gasteiger partial charge in [0, 0.05) is 18.8 Å². The van der Waals surface area contributed by atoms with E-state index in [9.17, 15) is 0 Å². The van der Waals surface area contributed by atoms with Crippen LogP contribution in [-0.4, -0.2) is 23.1 Å². The molecule has 1 aromatic heterocycles. The molecule has 5 heteroatoms. The highest BCUT2D eigenvalue weighted by atomic mass is 16.5. The zero-order chi connectivity index (χ0) is 14.2. The maximum absolute atomic E-state index is 5.78. The van der Waals surface area contributed by atoms with Crippen molar-refractivity contribution in [2.45, 2.75) is 20.3 Å². The lowest BCUT2D eigenvalue weighted by atomic mass is 10.3. The highest BCUT2D eigenvalue weighted by Crippen LogP contribution is 2.30. The molecule has 0 saturated carbocycles. The van der Waals surface area contributed by atoms with Gasteiger partial charge in [-0.05, 0) is 25.5 Å². The van der Waals surface area contributed by atoms with Crippen LogP contribution in [0.1, 0.15) is 20.3 Å². The Hall–Kier alpha value is -2.30. The Morgan fingerprint density at radius 3 is 2.65 bits per heavy atom. The van der Waals surface area contributed by atoms with Gasteiger partial charge < -0.3 is 14.8 Å². The largest absolute Gasteiger partial charge is 0.490 e. The first-order valence-electron chi connectivity index (χ1n) is 6.80. The molecule has 106 valence electrons. The van der Waals surface area contributed by atoms with Crippen molar-refractivity contribution in [1.82, 2.24) is 9.97 Å². The molecular formula is C15H19N3O2. The molecule has 0 bridgehead atoms. The van der Waals surface area contributed by atoms with Crippen LogP contribution >= 0.6 is 0 Å². The Kier molecular flexibility index (Phi) is 5.17. The summed E-state index contributed by atoms with van der Waals surface area (Å²) in [4.78, 5) is 8.39. The molecule has 5 nitrogen and oxygen atoms in total. The van der Waals surface area contributed by atoms with E-state index in [0.29, 0.717) is 24.2 Å². The highest BCUT2D eigenvalue weighted by Gasteiger charge is 2.07. The van der Waals surface area contributed by atoms with E-state index in [1.807, 2.05) is 31.2 Å². The fourth-order valence-electron chi connectivity index (χ4n) is 1.62. The lowest BCUT2D eigenvalue weighted by Gasteiger charge is -2.11. The van der Waals surface area contributed by atoms with Crippen molar-refractivity contribution >= 4 is 5.95 Å². The van der Waals surface area contributed by atoms with Gasteiger partial charge in [-0.3, -0.25) is 0 Å². The third-order valence-electron chi connectivity index (χ3n) is 2.49. The molecule has 0 aliphatic carbocycles. The summed E-state index contributed by atoms with van der Waals surface area (Å²) in [5.74, 6) is 2.42. The van der Waals surface area contributed by atoms with Crippen molar-refractivity contribution in [1.29, 1.82) is 0 Å². The van der Waals surface area contributed by atoms with Crippen LogP contribution in [-0.2, 0) is 0 Å². The van der Waals surface area contributed by atoms with E-state index in [4.69, 9.17) is 9.47 Å². The average molecular weight is 273 g/mol. The molecule has 0 radical (unpaired) electrons. The third kappa shape index (κ3) is 3.85. The molecule has 1 aromatic carbocycles. The van der Waals surface area contributed by atoms with Gasteiger partial charge in [-0.1, -0.05) is 19.1 Å². The minimum Gasteiger partial charge on any atom is -0.490 e. The molecule has 1 heterocycles. The summed E-state index contributed by atoms with van der Waals surface area (Å²) in [6.07, 6.45) is 2.61. The maximum Gasteiger partial charge on any atom is 0.225 e. The van der Waals surface area contributed by atoms with Crippen LogP contribution in [0.2, 0.25) is 0 Å². The van der Waals surface area contributed by atoms with Gasteiger partial charge in [-0.15, -0.1) is 0 Å². The van der Waals surface area contributed by atoms with Gasteiger partial charge in [0.05, 0.1) is 6.61 Å². The van der Waals surface area contributed by atoms with Gasteiger partial charge in [0.2, 0.25) is 11.8 Å². The topological polar surface area (TPSA) is 56.3 Å². The Labute approximate surface area is 119 Å². The molecule has 0 amide bonds. The molecule has 20 heavy (non-hydrogen) atoms. The third-order valence-corrected chi connectivity index (χ3v) is 2.49. The number of hydrogen-bond acceptors (Lipinski definition) is 5. The molecule has 0 saturated heterocycles. The van der Waals surface area contributed by atoms with E-state index < -0.39 is 0 Å². The molecule has 2 rings (SSSR count). The molecule has 0 atom stereocenters. The average Bonchev–Trinajstić information content (AvgIpc) is 2.47. The lowest BCUT2D eigenvalue weighted by molar-refractivity contribution is 0.301. The summed E-state index contributed by atoms with van der Waals surface area (Å²) >= 11 is 0. The van der Waals surface area contributed by atoms with Crippen LogP contribution in [0.25, 0.3) is 0 Å². The van der Waals surface area contributed by atoms with Crippen molar-refractivity contribution in [2.75, 3.05) is 18.5 Å². The smallest absolute Gasteiger partial charge is 0.225 e. The van der Waals surface area contributed by atoms with Crippen molar-refractivity contribution in [2.24, 2.45) is 0 Å². The van der Waals surface area contributed by atoms with Crippen LogP contribution in [0.4, 0.5) is 5.95 Å². The summed E-state index contributed by atoms with van der Waals surface area (Å²) in [5.41, 5.74) is 0. The second kappa shape index (κ2) is 7.33. The Morgan fingerprint density at radius 1 is 1.10 bits per heavy atom. The lowest BCUT2D eigenvalue weighted by Crippen LogP contribution is -2.02. The Bertz CT molecular complexity index is 546. The van der Waals surface area contributed by atoms with Gasteiger partial charge in [-0.25, -0.2) is 4.98 Å². The molecule has 0 unspecified atom stereocenters. The predicted molar refractivity (Wildman–Crippen MR) is 78.5 cm³/mol. The van der Waals surface area contributed by atoms with E-state index in [-0.39, 0.29) is 0 Å². The van der Waals surface area contributed by atoms with Gasteiger partial charge >= 0.3 is 0 Å². The number of aromatic nitrogens is 2. The first-order valence-corrected chi connectivity index (χ1v) is 6.80. The Morgan fingerprint density at radius 2 is 1.90 bits per heavy atom. The molecule has 0 fully saturated rings. The van der Waals surface area contributed by atoms with Gasteiger partial charge in [0.25, 0.3) is 0 Å². The maximum atomic E-state index is 5.78. The van der Waals surface area contributed by atoms with Crippen LogP contribution in [0.3, 0.4) is 0 Å². The zero-order valence-corrected chi connectivity index (χ0v) is 11.8. The zero-order valence-electron chi connectivity index (χ0n) is 11.8. The summed E-state index contributed by atoms with van der Waals surface area (Å²) in [6, 6.07) is 9.29. The first-order chi connectivity index (χ1) is 9.83. The standard InChI is InChI=1S/C15H19N3O2/c1-3-11-19-12-7-5-6-8-13(12)20-14-9-10-17-15(18-14)16-4-2/h5-10H,3-4,11H2,1-2H3,(H,16,17,18). The van der Waals surface area contributed by atoms with Crippen LogP contribution in [0.15, 0.2) is 36.5 Å². The van der Waals surface area contributed by atoms with E-state index in [2.05, 4.69) is 22.2 Å². The molecule has 0 aliphatic rings. The molecule has 1 N–H and O–H groups in total. The number of nitrogens with zero attached hydrogens (tertiary/aromatic N) is 2. The molecule has 2 aromatic rings. The molecular weight excluding hydrogens is 254 g/mol. The quantitative estimate of drug-likeness (QED) is 0.836. The second-order valence-corrected chi connectivity index (χ2v) is 4.15. The minimum absolute atomic E-state index is 0.489. The van der Waals surface area contributed by atoms with Gasteiger partial charge in [0.1, 0.15) is 0 Å². The van der Waals surface area contributed by atoms with Gasteiger partial charge in [-0.2, -0.15) is 4.98 Å². The van der Waals surface area contributed by atoms with Crippen LogP contribution in [0, 0.1) is 0 Å². The predicted octanol–water partition coefficient (Wildman–Crippen LogP) is 3.49. The first kappa shape index (κ1) is 14.1. The molecule has 0 spiro atoms. The number of ether oxygens (including phenoxy) is 2. The van der Waals surface area contributed by atoms with Crippen molar-refractivity contribution in [3.8, 4) is 17.4 Å². The number of anilines is 1. The fourth-order valence-corrected chi connectivity index (χ4v) is 1.62. The number of hydrogen-bond donors (Lipinski definition) is 1. The number of benzene rings is 1. The van der Waals surface area contributed by atoms with Crippen molar-refractivity contribution in [3.63, 3.8) is 0 Å². The van der Waals surface area contributed by atoms with Crippen LogP contribution in [0.5, 0.6) is 17.4 Å². The number of para-hydroxylation sites is 2. The van der Waals surface area contributed by atoms with E-state index in [1.54, 1.807) is 12.3 Å². The normalized spacial score (nSPS) is 10.1.